The van der Waals surface area contributed by atoms with E-state index in [2.05, 4.69) is 16.5 Å². The van der Waals surface area contributed by atoms with Crippen LogP contribution in [0.25, 0.3) is 0 Å². The van der Waals surface area contributed by atoms with E-state index in [-0.39, 0.29) is 0 Å². The Hall–Kier alpha value is -0.870. The molecule has 80 valence electrons. The van der Waals surface area contributed by atoms with Crippen LogP contribution in [-0.2, 0) is 16.0 Å². The molecule has 0 aromatic carbocycles. The molecule has 0 fully saturated rings. The molecule has 0 unspecified atom stereocenters. The van der Waals surface area contributed by atoms with Gasteiger partial charge in [-0.2, -0.15) is 0 Å². The van der Waals surface area contributed by atoms with Crippen LogP contribution in [0.2, 0.25) is 0 Å². The van der Waals surface area contributed by atoms with Crippen molar-refractivity contribution in [2.45, 2.75) is 20.4 Å². The first kappa shape index (κ1) is 11.2. The molecular weight excluding hydrogens is 180 g/mol. The summed E-state index contributed by atoms with van der Waals surface area (Å²) in [5.41, 5.74) is 2.29. The van der Waals surface area contributed by atoms with E-state index < -0.39 is 0 Å². The molecule has 0 bridgehead atoms. The van der Waals surface area contributed by atoms with Crippen molar-refractivity contribution < 1.29 is 9.47 Å². The van der Waals surface area contributed by atoms with Crippen LogP contribution in [0.15, 0.2) is 6.33 Å². The summed E-state index contributed by atoms with van der Waals surface area (Å²) in [5, 5.41) is 0. The summed E-state index contributed by atoms with van der Waals surface area (Å²) in [6.45, 7) is 6.96. The largest absolute Gasteiger partial charge is 0.382 e. The Morgan fingerprint density at radius 3 is 2.64 bits per heavy atom. The fourth-order valence-corrected chi connectivity index (χ4v) is 1.18. The number of imidazole rings is 1. The van der Waals surface area contributed by atoms with Gasteiger partial charge < -0.3 is 14.0 Å². The van der Waals surface area contributed by atoms with Gasteiger partial charge in [-0.05, 0) is 13.8 Å². The third-order valence-electron chi connectivity index (χ3n) is 2.25. The van der Waals surface area contributed by atoms with Crippen LogP contribution < -0.4 is 0 Å². The molecule has 14 heavy (non-hydrogen) atoms. The van der Waals surface area contributed by atoms with E-state index >= 15 is 0 Å². The van der Waals surface area contributed by atoms with Gasteiger partial charge in [0.05, 0.1) is 31.8 Å². The SMILES string of the molecule is COCCOCCn1cnc(C)c1C. The average molecular weight is 198 g/mol. The van der Waals surface area contributed by atoms with Gasteiger partial charge in [-0.25, -0.2) is 4.98 Å². The molecule has 0 aliphatic heterocycles. The van der Waals surface area contributed by atoms with Crippen LogP contribution in [0.4, 0.5) is 0 Å². The second-order valence-corrected chi connectivity index (χ2v) is 3.21. The van der Waals surface area contributed by atoms with Crippen molar-refractivity contribution in [2.24, 2.45) is 0 Å². The molecule has 0 amide bonds. The van der Waals surface area contributed by atoms with Crippen LogP contribution in [0, 0.1) is 13.8 Å². The number of rotatable bonds is 6. The lowest BCUT2D eigenvalue weighted by Crippen LogP contribution is -2.09. The Balaban J connectivity index is 2.21. The lowest BCUT2D eigenvalue weighted by molar-refractivity contribution is 0.0664. The minimum atomic E-state index is 0.655. The van der Waals surface area contributed by atoms with Crippen LogP contribution in [-0.4, -0.2) is 36.5 Å². The number of aromatic nitrogens is 2. The van der Waals surface area contributed by atoms with Gasteiger partial charge in [0.25, 0.3) is 0 Å². The van der Waals surface area contributed by atoms with Gasteiger partial charge >= 0.3 is 0 Å². The van der Waals surface area contributed by atoms with E-state index in [4.69, 9.17) is 9.47 Å². The molecule has 0 aliphatic carbocycles. The smallest absolute Gasteiger partial charge is 0.0952 e. The lowest BCUT2D eigenvalue weighted by atomic mass is 10.4. The second-order valence-electron chi connectivity index (χ2n) is 3.21. The van der Waals surface area contributed by atoms with E-state index in [1.165, 1.54) is 5.69 Å². The number of hydrogen-bond acceptors (Lipinski definition) is 3. The highest BCUT2D eigenvalue weighted by Gasteiger charge is 2.00. The van der Waals surface area contributed by atoms with Crippen molar-refractivity contribution in [2.75, 3.05) is 26.9 Å². The number of ether oxygens (including phenoxy) is 2. The Labute approximate surface area is 84.9 Å². The standard InChI is InChI=1S/C10H18N2O2/c1-9-10(2)12(8-11-9)4-5-14-7-6-13-3/h8H,4-7H2,1-3H3. The van der Waals surface area contributed by atoms with Crippen LogP contribution in [0.1, 0.15) is 11.4 Å². The summed E-state index contributed by atoms with van der Waals surface area (Å²) < 4.78 is 12.3. The van der Waals surface area contributed by atoms with Crippen molar-refractivity contribution in [3.8, 4) is 0 Å². The summed E-state index contributed by atoms with van der Waals surface area (Å²) in [6.07, 6.45) is 1.85. The summed E-state index contributed by atoms with van der Waals surface area (Å²) in [4.78, 5) is 4.21. The topological polar surface area (TPSA) is 36.3 Å². The minimum Gasteiger partial charge on any atom is -0.382 e. The first-order valence-electron chi connectivity index (χ1n) is 4.80. The molecule has 4 heteroatoms. The Morgan fingerprint density at radius 2 is 2.07 bits per heavy atom. The van der Waals surface area contributed by atoms with Crippen molar-refractivity contribution in [1.82, 2.24) is 9.55 Å². The zero-order chi connectivity index (χ0) is 10.4. The third kappa shape index (κ3) is 3.12. The molecule has 1 aromatic heterocycles. The van der Waals surface area contributed by atoms with E-state index in [9.17, 15) is 0 Å². The first-order valence-corrected chi connectivity index (χ1v) is 4.80. The van der Waals surface area contributed by atoms with Gasteiger partial charge in [-0.1, -0.05) is 0 Å². The zero-order valence-corrected chi connectivity index (χ0v) is 9.12. The second kappa shape index (κ2) is 5.78. The number of methoxy groups -OCH3 is 1. The predicted octanol–water partition coefficient (Wildman–Crippen LogP) is 1.16. The molecule has 0 radical (unpaired) electrons. The van der Waals surface area contributed by atoms with E-state index in [1.807, 2.05) is 13.3 Å². The quantitative estimate of drug-likeness (QED) is 0.644. The number of aryl methyl sites for hydroxylation is 1. The van der Waals surface area contributed by atoms with Crippen molar-refractivity contribution in [3.63, 3.8) is 0 Å². The molecule has 1 heterocycles. The van der Waals surface area contributed by atoms with Crippen LogP contribution in [0.3, 0.4) is 0 Å². The molecule has 1 rings (SSSR count). The zero-order valence-electron chi connectivity index (χ0n) is 9.12. The fraction of sp³-hybridized carbons (Fsp3) is 0.700. The Bertz CT molecular complexity index is 271. The van der Waals surface area contributed by atoms with Crippen molar-refractivity contribution >= 4 is 0 Å². The van der Waals surface area contributed by atoms with Gasteiger partial charge in [0.15, 0.2) is 0 Å². The number of nitrogens with zero attached hydrogens (tertiary/aromatic N) is 2. The summed E-state index contributed by atoms with van der Waals surface area (Å²) in [7, 11) is 1.67. The monoisotopic (exact) mass is 198 g/mol. The summed E-state index contributed by atoms with van der Waals surface area (Å²) >= 11 is 0. The van der Waals surface area contributed by atoms with E-state index in [0.29, 0.717) is 19.8 Å². The number of hydrogen-bond donors (Lipinski definition) is 0. The highest BCUT2D eigenvalue weighted by Crippen LogP contribution is 2.03. The maximum Gasteiger partial charge on any atom is 0.0952 e. The maximum atomic E-state index is 5.37. The highest BCUT2D eigenvalue weighted by atomic mass is 16.5. The van der Waals surface area contributed by atoms with Gasteiger partial charge in [0, 0.05) is 19.3 Å². The highest BCUT2D eigenvalue weighted by molar-refractivity contribution is 5.08. The van der Waals surface area contributed by atoms with Gasteiger partial charge in [-0.15, -0.1) is 0 Å². The van der Waals surface area contributed by atoms with Crippen LogP contribution in [0.5, 0.6) is 0 Å². The molecule has 0 aliphatic rings. The molecule has 4 nitrogen and oxygen atoms in total. The van der Waals surface area contributed by atoms with E-state index in [0.717, 1.165) is 12.2 Å². The minimum absolute atomic E-state index is 0.655. The van der Waals surface area contributed by atoms with Crippen molar-refractivity contribution in [1.29, 1.82) is 0 Å². The molecule has 1 aromatic rings. The van der Waals surface area contributed by atoms with Gasteiger partial charge in [0.2, 0.25) is 0 Å². The van der Waals surface area contributed by atoms with Crippen molar-refractivity contribution in [3.05, 3.63) is 17.7 Å². The normalized spacial score (nSPS) is 10.8. The summed E-state index contributed by atoms with van der Waals surface area (Å²) in [6, 6.07) is 0. The maximum absolute atomic E-state index is 5.37. The molecule has 0 spiro atoms. The molecule has 0 saturated heterocycles. The Kier molecular flexibility index (Phi) is 4.62. The molecule has 0 N–H and O–H groups in total. The molecular formula is C10H18N2O2. The molecule has 0 atom stereocenters. The van der Waals surface area contributed by atoms with Gasteiger partial charge in [0.1, 0.15) is 0 Å². The first-order chi connectivity index (χ1) is 6.75. The van der Waals surface area contributed by atoms with E-state index in [1.54, 1.807) is 7.11 Å². The average Bonchev–Trinajstić information content (AvgIpc) is 2.49. The van der Waals surface area contributed by atoms with Gasteiger partial charge in [-0.3, -0.25) is 0 Å². The predicted molar refractivity (Wildman–Crippen MR) is 54.4 cm³/mol. The molecule has 0 saturated carbocycles. The third-order valence-corrected chi connectivity index (χ3v) is 2.25. The fourth-order valence-electron chi connectivity index (χ4n) is 1.18. The summed E-state index contributed by atoms with van der Waals surface area (Å²) in [5.74, 6) is 0. The van der Waals surface area contributed by atoms with Crippen LogP contribution >= 0.6 is 0 Å². The Morgan fingerprint density at radius 1 is 1.29 bits per heavy atom. The lowest BCUT2D eigenvalue weighted by Gasteiger charge is -2.06.